The van der Waals surface area contributed by atoms with Gasteiger partial charge in [-0.2, -0.15) is 0 Å². The van der Waals surface area contributed by atoms with Crippen molar-refractivity contribution in [1.82, 2.24) is 4.98 Å². The molecule has 1 heterocycles. The van der Waals surface area contributed by atoms with Crippen LogP contribution >= 0.6 is 15.9 Å². The number of nitrogens with one attached hydrogen (secondary N) is 1. The Labute approximate surface area is 117 Å². The molecule has 19 heavy (non-hydrogen) atoms. The first-order valence-corrected chi connectivity index (χ1v) is 6.21. The third-order valence-corrected chi connectivity index (χ3v) is 3.38. The standard InChI is InChI=1S/C12H11BrN4O2/c1-7-2-3-8(6-9(7)13)15-12-10(17(18)19)4-5-11(14)16-12/h2-6H,1H3,(H3,14,15,16). The lowest BCUT2D eigenvalue weighted by Gasteiger charge is -2.08. The first kappa shape index (κ1) is 13.3. The smallest absolute Gasteiger partial charge is 0.311 e. The third kappa shape index (κ3) is 3.00. The summed E-state index contributed by atoms with van der Waals surface area (Å²) in [5.41, 5.74) is 7.20. The summed E-state index contributed by atoms with van der Waals surface area (Å²) in [5, 5.41) is 13.8. The van der Waals surface area contributed by atoms with Crippen LogP contribution in [0.25, 0.3) is 0 Å². The summed E-state index contributed by atoms with van der Waals surface area (Å²) in [7, 11) is 0. The molecule has 1 aromatic heterocycles. The minimum Gasteiger partial charge on any atom is -0.384 e. The molecule has 0 atom stereocenters. The van der Waals surface area contributed by atoms with Crippen molar-refractivity contribution in [2.45, 2.75) is 6.92 Å². The van der Waals surface area contributed by atoms with Crippen molar-refractivity contribution in [3.05, 3.63) is 50.5 Å². The summed E-state index contributed by atoms with van der Waals surface area (Å²) >= 11 is 3.40. The fourth-order valence-corrected chi connectivity index (χ4v) is 1.89. The molecule has 1 aromatic carbocycles. The maximum absolute atomic E-state index is 10.9. The number of nitro groups is 1. The molecule has 0 unspecified atom stereocenters. The van der Waals surface area contributed by atoms with Gasteiger partial charge in [-0.15, -0.1) is 0 Å². The maximum atomic E-state index is 10.9. The van der Waals surface area contributed by atoms with Gasteiger partial charge in [-0.1, -0.05) is 22.0 Å². The molecule has 0 bridgehead atoms. The van der Waals surface area contributed by atoms with E-state index in [-0.39, 0.29) is 17.3 Å². The van der Waals surface area contributed by atoms with E-state index in [9.17, 15) is 10.1 Å². The number of hydrogen-bond acceptors (Lipinski definition) is 5. The number of nitrogens with zero attached hydrogens (tertiary/aromatic N) is 2. The molecule has 0 fully saturated rings. The molecule has 0 aliphatic heterocycles. The van der Waals surface area contributed by atoms with Crippen molar-refractivity contribution in [1.29, 1.82) is 0 Å². The second-order valence-corrected chi connectivity index (χ2v) is 4.80. The number of hydrogen-bond donors (Lipinski definition) is 2. The summed E-state index contributed by atoms with van der Waals surface area (Å²) in [6.07, 6.45) is 0. The van der Waals surface area contributed by atoms with E-state index in [4.69, 9.17) is 5.73 Å². The molecule has 98 valence electrons. The average Bonchev–Trinajstić information content (AvgIpc) is 2.33. The third-order valence-electron chi connectivity index (χ3n) is 2.53. The molecule has 0 aliphatic carbocycles. The maximum Gasteiger partial charge on any atom is 0.311 e. The van der Waals surface area contributed by atoms with E-state index >= 15 is 0 Å². The Morgan fingerprint density at radius 2 is 2.11 bits per heavy atom. The van der Waals surface area contributed by atoms with Crippen molar-refractivity contribution in [3.8, 4) is 0 Å². The molecule has 6 nitrogen and oxygen atoms in total. The zero-order valence-corrected chi connectivity index (χ0v) is 11.6. The average molecular weight is 323 g/mol. The fourth-order valence-electron chi connectivity index (χ4n) is 1.51. The van der Waals surface area contributed by atoms with E-state index in [0.29, 0.717) is 5.69 Å². The second kappa shape index (κ2) is 5.23. The molecule has 0 spiro atoms. The lowest BCUT2D eigenvalue weighted by molar-refractivity contribution is -0.384. The van der Waals surface area contributed by atoms with Crippen LogP contribution in [0.4, 0.5) is 23.0 Å². The summed E-state index contributed by atoms with van der Waals surface area (Å²) in [4.78, 5) is 14.4. The highest BCUT2D eigenvalue weighted by Gasteiger charge is 2.15. The molecular weight excluding hydrogens is 312 g/mol. The molecule has 0 amide bonds. The fraction of sp³-hybridized carbons (Fsp3) is 0.0833. The van der Waals surface area contributed by atoms with Gasteiger partial charge in [-0.05, 0) is 30.7 Å². The Hall–Kier alpha value is -2.15. The van der Waals surface area contributed by atoms with Crippen LogP contribution in [-0.4, -0.2) is 9.91 Å². The van der Waals surface area contributed by atoms with Crippen LogP contribution < -0.4 is 11.1 Å². The van der Waals surface area contributed by atoms with Gasteiger partial charge < -0.3 is 11.1 Å². The number of pyridine rings is 1. The zero-order valence-electron chi connectivity index (χ0n) is 10.1. The van der Waals surface area contributed by atoms with E-state index in [1.54, 1.807) is 0 Å². The minimum atomic E-state index is -0.502. The van der Waals surface area contributed by atoms with Crippen molar-refractivity contribution >= 4 is 38.9 Å². The number of halogens is 1. The van der Waals surface area contributed by atoms with Gasteiger partial charge in [0.25, 0.3) is 0 Å². The number of aryl methyl sites for hydroxylation is 1. The van der Waals surface area contributed by atoms with Gasteiger partial charge in [-0.25, -0.2) is 4.98 Å². The quantitative estimate of drug-likeness (QED) is 0.667. The molecule has 0 saturated heterocycles. The lowest BCUT2D eigenvalue weighted by atomic mass is 10.2. The van der Waals surface area contributed by atoms with Gasteiger partial charge in [0, 0.05) is 16.2 Å². The second-order valence-electron chi connectivity index (χ2n) is 3.95. The van der Waals surface area contributed by atoms with Gasteiger partial charge in [-0.3, -0.25) is 10.1 Å². The number of nitrogen functional groups attached to an aromatic ring is 1. The monoisotopic (exact) mass is 322 g/mol. The predicted molar refractivity (Wildman–Crippen MR) is 77.5 cm³/mol. The normalized spacial score (nSPS) is 10.2. The van der Waals surface area contributed by atoms with Crippen LogP contribution in [0.1, 0.15) is 5.56 Å². The SMILES string of the molecule is Cc1ccc(Nc2nc(N)ccc2[N+](=O)[O-])cc1Br. The number of nitrogens with two attached hydrogens (primary N) is 1. The highest BCUT2D eigenvalue weighted by molar-refractivity contribution is 9.10. The Bertz CT molecular complexity index is 646. The van der Waals surface area contributed by atoms with E-state index in [2.05, 4.69) is 26.2 Å². The first-order valence-electron chi connectivity index (χ1n) is 5.41. The number of benzene rings is 1. The number of rotatable bonds is 3. The van der Waals surface area contributed by atoms with Crippen molar-refractivity contribution in [2.75, 3.05) is 11.1 Å². The molecule has 3 N–H and O–H groups in total. The topological polar surface area (TPSA) is 94.1 Å². The Balaban J connectivity index is 2.39. The molecule has 0 radical (unpaired) electrons. The largest absolute Gasteiger partial charge is 0.384 e. The Kier molecular flexibility index (Phi) is 3.66. The van der Waals surface area contributed by atoms with Crippen LogP contribution in [0, 0.1) is 17.0 Å². The molecule has 0 aliphatic rings. The van der Waals surface area contributed by atoms with Crippen molar-refractivity contribution < 1.29 is 4.92 Å². The lowest BCUT2D eigenvalue weighted by Crippen LogP contribution is -2.02. The Morgan fingerprint density at radius 1 is 1.37 bits per heavy atom. The number of aromatic nitrogens is 1. The highest BCUT2D eigenvalue weighted by atomic mass is 79.9. The van der Waals surface area contributed by atoms with Gasteiger partial charge in [0.2, 0.25) is 5.82 Å². The van der Waals surface area contributed by atoms with E-state index in [1.165, 1.54) is 12.1 Å². The zero-order chi connectivity index (χ0) is 14.0. The van der Waals surface area contributed by atoms with E-state index < -0.39 is 4.92 Å². The summed E-state index contributed by atoms with van der Waals surface area (Å²) in [6.45, 7) is 1.95. The predicted octanol–water partition coefficient (Wildman–Crippen LogP) is 3.39. The molecular formula is C12H11BrN4O2. The first-order chi connectivity index (χ1) is 8.97. The van der Waals surface area contributed by atoms with E-state index in [0.717, 1.165) is 10.0 Å². The molecule has 7 heteroatoms. The van der Waals surface area contributed by atoms with Gasteiger partial charge in [0.15, 0.2) is 0 Å². The molecule has 2 rings (SSSR count). The van der Waals surface area contributed by atoms with Crippen LogP contribution in [0.5, 0.6) is 0 Å². The molecule has 0 saturated carbocycles. The van der Waals surface area contributed by atoms with E-state index in [1.807, 2.05) is 25.1 Å². The van der Waals surface area contributed by atoms with Crippen LogP contribution in [0.15, 0.2) is 34.8 Å². The van der Waals surface area contributed by atoms with Crippen LogP contribution in [0.2, 0.25) is 0 Å². The van der Waals surface area contributed by atoms with Crippen molar-refractivity contribution in [2.24, 2.45) is 0 Å². The minimum absolute atomic E-state index is 0.120. The Morgan fingerprint density at radius 3 is 2.74 bits per heavy atom. The van der Waals surface area contributed by atoms with Gasteiger partial charge in [0.05, 0.1) is 4.92 Å². The summed E-state index contributed by atoms with van der Waals surface area (Å²) in [5.74, 6) is 0.347. The van der Waals surface area contributed by atoms with Crippen LogP contribution in [-0.2, 0) is 0 Å². The van der Waals surface area contributed by atoms with Gasteiger partial charge in [0.1, 0.15) is 5.82 Å². The van der Waals surface area contributed by atoms with Crippen molar-refractivity contribution in [3.63, 3.8) is 0 Å². The molecule has 2 aromatic rings. The summed E-state index contributed by atoms with van der Waals surface area (Å²) < 4.78 is 0.907. The van der Waals surface area contributed by atoms with Crippen LogP contribution in [0.3, 0.4) is 0 Å². The summed E-state index contributed by atoms with van der Waals surface area (Å²) in [6, 6.07) is 8.26. The number of anilines is 3. The highest BCUT2D eigenvalue weighted by Crippen LogP contribution is 2.28. The van der Waals surface area contributed by atoms with Gasteiger partial charge >= 0.3 is 5.69 Å².